The van der Waals surface area contributed by atoms with Gasteiger partial charge < -0.3 is 14.8 Å². The van der Waals surface area contributed by atoms with Crippen LogP contribution in [0.4, 0.5) is 0 Å². The summed E-state index contributed by atoms with van der Waals surface area (Å²) in [6.07, 6.45) is 0.416. The predicted octanol–water partition coefficient (Wildman–Crippen LogP) is 1.30. The van der Waals surface area contributed by atoms with Crippen molar-refractivity contribution in [3.05, 3.63) is 28.8 Å². The molecule has 1 aromatic carbocycles. The number of rotatable bonds is 6. The van der Waals surface area contributed by atoms with Crippen LogP contribution in [-0.2, 0) is 16.0 Å². The molecule has 0 aromatic heterocycles. The summed E-state index contributed by atoms with van der Waals surface area (Å²) in [7, 11) is 1.67. The zero-order valence-electron chi connectivity index (χ0n) is 13.8. The normalized spacial score (nSPS) is 15.6. The van der Waals surface area contributed by atoms with Crippen LogP contribution in [0.15, 0.2) is 12.1 Å². The smallest absolute Gasteiger partial charge is 0.224 e. The number of methoxy groups -OCH3 is 1. The summed E-state index contributed by atoms with van der Waals surface area (Å²) >= 11 is 0. The summed E-state index contributed by atoms with van der Waals surface area (Å²) in [4.78, 5) is 14.4. The van der Waals surface area contributed by atoms with Gasteiger partial charge in [0.2, 0.25) is 5.91 Å². The molecule has 1 aromatic rings. The Morgan fingerprint density at radius 1 is 1.27 bits per heavy atom. The molecule has 122 valence electrons. The molecule has 0 bridgehead atoms. The number of hydrogen-bond acceptors (Lipinski definition) is 4. The molecular formula is C17H26N2O3. The second-order valence-corrected chi connectivity index (χ2v) is 5.66. The zero-order valence-corrected chi connectivity index (χ0v) is 13.8. The van der Waals surface area contributed by atoms with Gasteiger partial charge in [-0.2, -0.15) is 0 Å². The monoisotopic (exact) mass is 306 g/mol. The van der Waals surface area contributed by atoms with Gasteiger partial charge >= 0.3 is 0 Å². The second-order valence-electron chi connectivity index (χ2n) is 5.66. The number of hydrogen-bond donors (Lipinski definition) is 1. The van der Waals surface area contributed by atoms with E-state index in [1.54, 1.807) is 7.11 Å². The van der Waals surface area contributed by atoms with Gasteiger partial charge in [0.05, 0.1) is 26.7 Å². The van der Waals surface area contributed by atoms with Gasteiger partial charge in [0.25, 0.3) is 0 Å². The molecule has 5 nitrogen and oxygen atoms in total. The third kappa shape index (κ3) is 4.45. The Labute approximate surface area is 132 Å². The highest BCUT2D eigenvalue weighted by atomic mass is 16.5. The van der Waals surface area contributed by atoms with Crippen LogP contribution in [0, 0.1) is 13.8 Å². The maximum atomic E-state index is 12.1. The molecule has 0 spiro atoms. The van der Waals surface area contributed by atoms with Gasteiger partial charge in [0, 0.05) is 26.2 Å². The van der Waals surface area contributed by atoms with E-state index in [2.05, 4.69) is 10.2 Å². The molecule has 0 saturated carbocycles. The van der Waals surface area contributed by atoms with Crippen LogP contribution in [0.25, 0.3) is 0 Å². The Balaban J connectivity index is 1.80. The highest BCUT2D eigenvalue weighted by Gasteiger charge is 2.12. The lowest BCUT2D eigenvalue weighted by atomic mass is 10.00. The van der Waals surface area contributed by atoms with Crippen molar-refractivity contribution < 1.29 is 14.3 Å². The van der Waals surface area contributed by atoms with E-state index in [9.17, 15) is 4.79 Å². The molecule has 1 aliphatic heterocycles. The maximum absolute atomic E-state index is 12.1. The molecule has 0 radical (unpaired) electrons. The van der Waals surface area contributed by atoms with Crippen LogP contribution in [0.1, 0.15) is 16.7 Å². The van der Waals surface area contributed by atoms with Crippen LogP contribution in [-0.4, -0.2) is 57.3 Å². The lowest BCUT2D eigenvalue weighted by Crippen LogP contribution is -2.41. The molecule has 1 amide bonds. The molecule has 1 heterocycles. The third-order valence-corrected chi connectivity index (χ3v) is 4.27. The first-order chi connectivity index (χ1) is 10.6. The quantitative estimate of drug-likeness (QED) is 0.861. The molecular weight excluding hydrogens is 280 g/mol. The van der Waals surface area contributed by atoms with Crippen LogP contribution in [0.5, 0.6) is 5.75 Å². The van der Waals surface area contributed by atoms with Crippen molar-refractivity contribution in [3.8, 4) is 5.75 Å². The van der Waals surface area contributed by atoms with Crippen molar-refractivity contribution in [2.45, 2.75) is 20.3 Å². The largest absolute Gasteiger partial charge is 0.496 e. The minimum Gasteiger partial charge on any atom is -0.496 e. The van der Waals surface area contributed by atoms with Crippen molar-refractivity contribution in [2.24, 2.45) is 0 Å². The van der Waals surface area contributed by atoms with Gasteiger partial charge in [-0.05, 0) is 36.6 Å². The number of benzene rings is 1. The fraction of sp³-hybridized carbons (Fsp3) is 0.588. The lowest BCUT2D eigenvalue weighted by molar-refractivity contribution is -0.120. The first-order valence-corrected chi connectivity index (χ1v) is 7.81. The Kier molecular flexibility index (Phi) is 6.21. The summed E-state index contributed by atoms with van der Waals surface area (Å²) in [5, 5.41) is 3.00. The average molecular weight is 306 g/mol. The van der Waals surface area contributed by atoms with Crippen LogP contribution in [0.2, 0.25) is 0 Å². The van der Waals surface area contributed by atoms with E-state index >= 15 is 0 Å². The first kappa shape index (κ1) is 16.8. The minimum atomic E-state index is 0.0703. The van der Waals surface area contributed by atoms with Gasteiger partial charge in [0.15, 0.2) is 0 Å². The fourth-order valence-corrected chi connectivity index (χ4v) is 2.68. The number of nitrogens with one attached hydrogen (secondary N) is 1. The molecule has 2 rings (SSSR count). The van der Waals surface area contributed by atoms with E-state index in [0.29, 0.717) is 13.0 Å². The van der Waals surface area contributed by atoms with Crippen LogP contribution in [0.3, 0.4) is 0 Å². The molecule has 0 unspecified atom stereocenters. The van der Waals surface area contributed by atoms with Crippen molar-refractivity contribution in [1.29, 1.82) is 0 Å². The molecule has 1 aliphatic rings. The molecule has 22 heavy (non-hydrogen) atoms. The highest BCUT2D eigenvalue weighted by Crippen LogP contribution is 2.24. The zero-order chi connectivity index (χ0) is 15.9. The second kappa shape index (κ2) is 8.15. The van der Waals surface area contributed by atoms with Gasteiger partial charge in [-0.3, -0.25) is 9.69 Å². The van der Waals surface area contributed by atoms with Crippen molar-refractivity contribution in [1.82, 2.24) is 10.2 Å². The molecule has 1 N–H and O–H groups in total. The molecule has 5 heteroatoms. The summed E-state index contributed by atoms with van der Waals surface area (Å²) in [5.41, 5.74) is 3.28. The van der Waals surface area contributed by atoms with Crippen molar-refractivity contribution >= 4 is 5.91 Å². The van der Waals surface area contributed by atoms with E-state index in [-0.39, 0.29) is 5.91 Å². The van der Waals surface area contributed by atoms with E-state index in [1.165, 1.54) is 0 Å². The van der Waals surface area contributed by atoms with E-state index in [0.717, 1.165) is 55.3 Å². The van der Waals surface area contributed by atoms with Gasteiger partial charge in [-0.25, -0.2) is 0 Å². The Hall–Kier alpha value is -1.59. The third-order valence-electron chi connectivity index (χ3n) is 4.27. The Morgan fingerprint density at radius 2 is 2.00 bits per heavy atom. The Morgan fingerprint density at radius 3 is 2.68 bits per heavy atom. The minimum absolute atomic E-state index is 0.0703. The van der Waals surface area contributed by atoms with Crippen LogP contribution >= 0.6 is 0 Å². The van der Waals surface area contributed by atoms with Gasteiger partial charge in [-0.1, -0.05) is 6.07 Å². The number of carbonyl (C=O) groups is 1. The SMILES string of the molecule is COc1ccc(CC(=O)NCCN2CCOCC2)c(C)c1C. The van der Waals surface area contributed by atoms with E-state index in [1.807, 2.05) is 26.0 Å². The topological polar surface area (TPSA) is 50.8 Å². The first-order valence-electron chi connectivity index (χ1n) is 7.81. The maximum Gasteiger partial charge on any atom is 0.224 e. The lowest BCUT2D eigenvalue weighted by Gasteiger charge is -2.26. The number of nitrogens with zero attached hydrogens (tertiary/aromatic N) is 1. The number of ether oxygens (including phenoxy) is 2. The summed E-state index contributed by atoms with van der Waals surface area (Å²) < 4.78 is 10.6. The number of morpholine rings is 1. The van der Waals surface area contributed by atoms with Gasteiger partial charge in [-0.15, -0.1) is 0 Å². The van der Waals surface area contributed by atoms with Gasteiger partial charge in [0.1, 0.15) is 5.75 Å². The van der Waals surface area contributed by atoms with E-state index < -0.39 is 0 Å². The average Bonchev–Trinajstić information content (AvgIpc) is 2.53. The number of amides is 1. The Bertz CT molecular complexity index is 511. The molecule has 1 fully saturated rings. The summed E-state index contributed by atoms with van der Waals surface area (Å²) in [6.45, 7) is 9.11. The summed E-state index contributed by atoms with van der Waals surface area (Å²) in [6, 6.07) is 3.90. The van der Waals surface area contributed by atoms with Crippen molar-refractivity contribution in [2.75, 3.05) is 46.5 Å². The van der Waals surface area contributed by atoms with E-state index in [4.69, 9.17) is 9.47 Å². The molecule has 0 atom stereocenters. The standard InChI is InChI=1S/C17H26N2O3/c1-13-14(2)16(21-3)5-4-15(13)12-17(20)18-6-7-19-8-10-22-11-9-19/h4-5H,6-12H2,1-3H3,(H,18,20). The van der Waals surface area contributed by atoms with Crippen molar-refractivity contribution in [3.63, 3.8) is 0 Å². The molecule has 1 saturated heterocycles. The number of carbonyl (C=O) groups excluding carboxylic acids is 1. The summed E-state index contributed by atoms with van der Waals surface area (Å²) in [5.74, 6) is 0.940. The predicted molar refractivity (Wildman–Crippen MR) is 86.4 cm³/mol. The fourth-order valence-electron chi connectivity index (χ4n) is 2.68. The highest BCUT2D eigenvalue weighted by molar-refractivity contribution is 5.79. The van der Waals surface area contributed by atoms with Crippen LogP contribution < -0.4 is 10.1 Å². The molecule has 0 aliphatic carbocycles.